The summed E-state index contributed by atoms with van der Waals surface area (Å²) in [5, 5.41) is 15.1. The van der Waals surface area contributed by atoms with Gasteiger partial charge in [0.2, 0.25) is 0 Å². The van der Waals surface area contributed by atoms with Crippen molar-refractivity contribution in [2.24, 2.45) is 0 Å². The third-order valence-corrected chi connectivity index (χ3v) is 4.13. The molecular weight excluding hydrogens is 358 g/mol. The van der Waals surface area contributed by atoms with E-state index in [1.807, 2.05) is 6.92 Å². The Morgan fingerprint density at radius 1 is 1.43 bits per heavy atom. The fourth-order valence-corrected chi connectivity index (χ4v) is 2.72. The standard InChI is InChI=1S/C13H12BrN3O3S/c1-7-5-15-11(21-7)6-16-13(20)17-8-2-3-10(14)9(4-8)12(18)19/h2-5H,6H2,1H3,(H,18,19)(H2,16,17,20). The number of rotatable bonds is 4. The molecule has 0 spiro atoms. The maximum atomic E-state index is 11.8. The van der Waals surface area contributed by atoms with E-state index in [1.165, 1.54) is 17.4 Å². The van der Waals surface area contributed by atoms with Crippen LogP contribution in [-0.2, 0) is 6.54 Å². The van der Waals surface area contributed by atoms with E-state index < -0.39 is 12.0 Å². The third kappa shape index (κ3) is 4.27. The lowest BCUT2D eigenvalue weighted by Gasteiger charge is -2.08. The van der Waals surface area contributed by atoms with Crippen molar-refractivity contribution in [2.45, 2.75) is 13.5 Å². The Bertz CT molecular complexity index is 687. The first-order chi connectivity index (χ1) is 9.95. The molecule has 2 aromatic rings. The summed E-state index contributed by atoms with van der Waals surface area (Å²) in [6.07, 6.45) is 1.74. The maximum absolute atomic E-state index is 11.8. The zero-order valence-corrected chi connectivity index (χ0v) is 13.4. The van der Waals surface area contributed by atoms with Crippen LogP contribution >= 0.6 is 27.3 Å². The van der Waals surface area contributed by atoms with Gasteiger partial charge < -0.3 is 15.7 Å². The summed E-state index contributed by atoms with van der Waals surface area (Å²) >= 11 is 4.65. The van der Waals surface area contributed by atoms with Crippen LogP contribution < -0.4 is 10.6 Å². The Kier molecular flexibility index (Phi) is 4.92. The van der Waals surface area contributed by atoms with E-state index in [4.69, 9.17) is 5.11 Å². The van der Waals surface area contributed by atoms with Gasteiger partial charge in [0, 0.05) is 21.2 Å². The number of hydrogen-bond acceptors (Lipinski definition) is 4. The summed E-state index contributed by atoms with van der Waals surface area (Å²) in [7, 11) is 0. The second-order valence-corrected chi connectivity index (χ2v) is 6.35. The Hall–Kier alpha value is -1.93. The fourth-order valence-electron chi connectivity index (χ4n) is 1.58. The van der Waals surface area contributed by atoms with Crippen molar-refractivity contribution >= 4 is 45.0 Å². The average Bonchev–Trinajstić information content (AvgIpc) is 2.84. The van der Waals surface area contributed by atoms with E-state index in [0.29, 0.717) is 16.7 Å². The van der Waals surface area contributed by atoms with Crippen LogP contribution in [-0.4, -0.2) is 22.1 Å². The zero-order valence-electron chi connectivity index (χ0n) is 11.0. The molecule has 0 aliphatic carbocycles. The molecular formula is C13H12BrN3O3S. The first-order valence-corrected chi connectivity index (χ1v) is 7.55. The van der Waals surface area contributed by atoms with Crippen LogP contribution in [0.1, 0.15) is 20.2 Å². The van der Waals surface area contributed by atoms with E-state index in [-0.39, 0.29) is 5.56 Å². The molecule has 1 heterocycles. The number of hydrogen-bond donors (Lipinski definition) is 3. The molecule has 1 aromatic carbocycles. The molecule has 8 heteroatoms. The highest BCUT2D eigenvalue weighted by atomic mass is 79.9. The summed E-state index contributed by atoms with van der Waals surface area (Å²) in [6.45, 7) is 2.27. The molecule has 2 amide bonds. The van der Waals surface area contributed by atoms with Gasteiger partial charge in [0.25, 0.3) is 0 Å². The van der Waals surface area contributed by atoms with Crippen LogP contribution in [0.15, 0.2) is 28.9 Å². The number of thiazole rings is 1. The van der Waals surface area contributed by atoms with Crippen LogP contribution in [0.2, 0.25) is 0 Å². The first kappa shape index (κ1) is 15.5. The first-order valence-electron chi connectivity index (χ1n) is 5.94. The van der Waals surface area contributed by atoms with Gasteiger partial charge in [-0.25, -0.2) is 14.6 Å². The molecule has 0 radical (unpaired) electrons. The number of amides is 2. The van der Waals surface area contributed by atoms with Crippen LogP contribution in [0.25, 0.3) is 0 Å². The molecule has 3 N–H and O–H groups in total. The van der Waals surface area contributed by atoms with Crippen molar-refractivity contribution in [3.05, 3.63) is 44.3 Å². The highest BCUT2D eigenvalue weighted by Crippen LogP contribution is 2.21. The number of nitrogens with zero attached hydrogens (tertiary/aromatic N) is 1. The van der Waals surface area contributed by atoms with Crippen molar-refractivity contribution in [2.75, 3.05) is 5.32 Å². The number of aromatic carboxylic acids is 1. The molecule has 0 aliphatic rings. The maximum Gasteiger partial charge on any atom is 0.336 e. The van der Waals surface area contributed by atoms with Gasteiger partial charge in [-0.2, -0.15) is 0 Å². The van der Waals surface area contributed by atoms with E-state index in [0.717, 1.165) is 9.88 Å². The molecule has 0 saturated heterocycles. The topological polar surface area (TPSA) is 91.3 Å². The average molecular weight is 370 g/mol. The minimum absolute atomic E-state index is 0.0864. The van der Waals surface area contributed by atoms with Crippen molar-refractivity contribution in [3.63, 3.8) is 0 Å². The second-order valence-electron chi connectivity index (χ2n) is 4.17. The van der Waals surface area contributed by atoms with E-state index in [1.54, 1.807) is 18.3 Å². The monoisotopic (exact) mass is 369 g/mol. The Morgan fingerprint density at radius 3 is 2.81 bits per heavy atom. The molecule has 0 fully saturated rings. The molecule has 21 heavy (non-hydrogen) atoms. The number of urea groups is 1. The molecule has 0 unspecified atom stereocenters. The minimum atomic E-state index is -1.07. The molecule has 110 valence electrons. The van der Waals surface area contributed by atoms with Crippen molar-refractivity contribution in [1.29, 1.82) is 0 Å². The summed E-state index contributed by atoms with van der Waals surface area (Å²) in [5.41, 5.74) is 0.492. The normalized spacial score (nSPS) is 10.2. The highest BCUT2D eigenvalue weighted by molar-refractivity contribution is 9.10. The van der Waals surface area contributed by atoms with E-state index in [9.17, 15) is 9.59 Å². The summed E-state index contributed by atoms with van der Waals surface area (Å²) < 4.78 is 0.458. The number of benzene rings is 1. The van der Waals surface area contributed by atoms with Gasteiger partial charge in [0.1, 0.15) is 5.01 Å². The lowest BCUT2D eigenvalue weighted by molar-refractivity contribution is 0.0696. The number of aromatic nitrogens is 1. The van der Waals surface area contributed by atoms with Gasteiger partial charge in [-0.1, -0.05) is 0 Å². The Labute approximate surface area is 133 Å². The second kappa shape index (κ2) is 6.68. The fraction of sp³-hybridized carbons (Fsp3) is 0.154. The summed E-state index contributed by atoms with van der Waals surface area (Å²) in [5.74, 6) is -1.07. The molecule has 6 nitrogen and oxygen atoms in total. The lowest BCUT2D eigenvalue weighted by Crippen LogP contribution is -2.28. The number of carbonyl (C=O) groups excluding carboxylic acids is 1. The Morgan fingerprint density at radius 2 is 2.19 bits per heavy atom. The zero-order chi connectivity index (χ0) is 15.4. The largest absolute Gasteiger partial charge is 0.478 e. The molecule has 0 atom stereocenters. The number of carbonyl (C=O) groups is 2. The van der Waals surface area contributed by atoms with Crippen molar-refractivity contribution in [1.82, 2.24) is 10.3 Å². The predicted molar refractivity (Wildman–Crippen MR) is 83.8 cm³/mol. The van der Waals surface area contributed by atoms with Crippen LogP contribution in [0.4, 0.5) is 10.5 Å². The van der Waals surface area contributed by atoms with Gasteiger partial charge in [0.05, 0.1) is 12.1 Å². The number of carboxylic acids is 1. The molecule has 0 aliphatic heterocycles. The number of halogens is 1. The van der Waals surface area contributed by atoms with Crippen LogP contribution in [0, 0.1) is 6.92 Å². The van der Waals surface area contributed by atoms with Crippen LogP contribution in [0.3, 0.4) is 0 Å². The van der Waals surface area contributed by atoms with E-state index in [2.05, 4.69) is 31.5 Å². The third-order valence-electron chi connectivity index (χ3n) is 2.52. The molecule has 1 aromatic heterocycles. The SMILES string of the molecule is Cc1cnc(CNC(=O)Nc2ccc(Br)c(C(=O)O)c2)s1. The molecule has 0 bridgehead atoms. The summed E-state index contributed by atoms with van der Waals surface area (Å²) in [4.78, 5) is 28.0. The highest BCUT2D eigenvalue weighted by Gasteiger charge is 2.10. The number of nitrogens with one attached hydrogen (secondary N) is 2. The molecule has 2 rings (SSSR count). The molecule has 0 saturated carbocycles. The minimum Gasteiger partial charge on any atom is -0.478 e. The smallest absolute Gasteiger partial charge is 0.336 e. The van der Waals surface area contributed by atoms with Gasteiger partial charge in [-0.3, -0.25) is 0 Å². The van der Waals surface area contributed by atoms with Gasteiger partial charge in [-0.05, 0) is 41.1 Å². The predicted octanol–water partition coefficient (Wildman–Crippen LogP) is 3.23. The lowest BCUT2D eigenvalue weighted by atomic mass is 10.2. The summed E-state index contributed by atoms with van der Waals surface area (Å²) in [6, 6.07) is 4.16. The van der Waals surface area contributed by atoms with Crippen LogP contribution in [0.5, 0.6) is 0 Å². The number of aryl methyl sites for hydroxylation is 1. The van der Waals surface area contributed by atoms with E-state index >= 15 is 0 Å². The van der Waals surface area contributed by atoms with Gasteiger partial charge >= 0.3 is 12.0 Å². The van der Waals surface area contributed by atoms with Gasteiger partial charge in [0.15, 0.2) is 0 Å². The van der Waals surface area contributed by atoms with Crippen molar-refractivity contribution in [3.8, 4) is 0 Å². The quantitative estimate of drug-likeness (QED) is 0.771. The number of anilines is 1. The van der Waals surface area contributed by atoms with Crippen molar-refractivity contribution < 1.29 is 14.7 Å². The Balaban J connectivity index is 1.96. The van der Waals surface area contributed by atoms with Gasteiger partial charge in [-0.15, -0.1) is 11.3 Å². The number of carboxylic acid groups (broad SMARTS) is 1.